The van der Waals surface area contributed by atoms with Gasteiger partial charge in [0.2, 0.25) is 10.0 Å². The molecule has 1 aliphatic rings. The highest BCUT2D eigenvalue weighted by Gasteiger charge is 2.31. The molecule has 0 aromatic heterocycles. The number of aryl methyl sites for hydroxylation is 1. The molecule has 4 nitrogen and oxygen atoms in total. The van der Waals surface area contributed by atoms with Gasteiger partial charge in [0.1, 0.15) is 5.75 Å². The minimum absolute atomic E-state index is 0.105. The van der Waals surface area contributed by atoms with Gasteiger partial charge in [-0.2, -0.15) is 4.31 Å². The van der Waals surface area contributed by atoms with Crippen LogP contribution in [-0.4, -0.2) is 26.4 Å². The maximum absolute atomic E-state index is 13.0. The van der Waals surface area contributed by atoms with Crippen LogP contribution in [0.5, 0.6) is 5.75 Å². The van der Waals surface area contributed by atoms with E-state index in [0.717, 1.165) is 24.8 Å². The molecule has 0 saturated heterocycles. The summed E-state index contributed by atoms with van der Waals surface area (Å²) in [5, 5.41) is 0. The highest BCUT2D eigenvalue weighted by molar-refractivity contribution is 7.89. The van der Waals surface area contributed by atoms with Gasteiger partial charge in [-0.3, -0.25) is 0 Å². The largest absolute Gasteiger partial charge is 0.494 e. The van der Waals surface area contributed by atoms with Gasteiger partial charge in [-0.05, 0) is 61.6 Å². The molecule has 0 saturated carbocycles. The van der Waals surface area contributed by atoms with Crippen LogP contribution in [0.25, 0.3) is 0 Å². The van der Waals surface area contributed by atoms with Crippen LogP contribution in [0.4, 0.5) is 0 Å². The van der Waals surface area contributed by atoms with Crippen LogP contribution >= 0.6 is 0 Å². The fourth-order valence-electron chi connectivity index (χ4n) is 3.31. The van der Waals surface area contributed by atoms with Crippen molar-refractivity contribution in [2.45, 2.75) is 37.1 Å². The smallest absolute Gasteiger partial charge is 0.243 e. The van der Waals surface area contributed by atoms with Gasteiger partial charge in [0.05, 0.1) is 11.5 Å². The van der Waals surface area contributed by atoms with E-state index in [1.54, 1.807) is 31.3 Å². The molecule has 2 aromatic carbocycles. The number of rotatable bonds is 5. The Kier molecular flexibility index (Phi) is 4.92. The van der Waals surface area contributed by atoms with Crippen LogP contribution in [-0.2, 0) is 16.4 Å². The van der Waals surface area contributed by atoms with Crippen molar-refractivity contribution in [3.8, 4) is 5.75 Å². The van der Waals surface area contributed by atoms with E-state index in [1.807, 2.05) is 25.1 Å². The van der Waals surface area contributed by atoms with Crippen LogP contribution in [0.3, 0.4) is 0 Å². The highest BCUT2D eigenvalue weighted by atomic mass is 32.2. The third-order valence-corrected chi connectivity index (χ3v) is 6.47. The number of nitrogens with zero attached hydrogens (tertiary/aromatic N) is 1. The number of hydrogen-bond acceptors (Lipinski definition) is 3. The monoisotopic (exact) mass is 345 g/mol. The van der Waals surface area contributed by atoms with Crippen molar-refractivity contribution in [2.75, 3.05) is 13.7 Å². The number of benzene rings is 2. The molecular formula is C19H23NO3S. The lowest BCUT2D eigenvalue weighted by Crippen LogP contribution is -2.33. The molecule has 0 N–H and O–H groups in total. The molecule has 0 fully saturated rings. The Bertz CT molecular complexity index is 800. The molecule has 3 rings (SSSR count). The van der Waals surface area contributed by atoms with Gasteiger partial charge in [-0.25, -0.2) is 8.42 Å². The minimum atomic E-state index is -3.54. The van der Waals surface area contributed by atoms with E-state index >= 15 is 0 Å². The third kappa shape index (κ3) is 3.19. The summed E-state index contributed by atoms with van der Waals surface area (Å²) in [7, 11) is -1.86. The maximum Gasteiger partial charge on any atom is 0.243 e. The SMILES string of the molecule is CCOc1ccc(S(=O)(=O)N(C)[C@@H]2CCCc3ccccc32)cc1. The van der Waals surface area contributed by atoms with Crippen LogP contribution in [0, 0.1) is 0 Å². The summed E-state index contributed by atoms with van der Waals surface area (Å²) in [5.41, 5.74) is 2.38. The topological polar surface area (TPSA) is 46.6 Å². The third-order valence-electron chi connectivity index (χ3n) is 4.59. The van der Waals surface area contributed by atoms with Crippen LogP contribution in [0.15, 0.2) is 53.4 Å². The Balaban J connectivity index is 1.90. The average molecular weight is 345 g/mol. The first-order valence-electron chi connectivity index (χ1n) is 8.32. The number of hydrogen-bond donors (Lipinski definition) is 0. The molecule has 0 aliphatic heterocycles. The molecule has 0 heterocycles. The van der Waals surface area contributed by atoms with E-state index in [0.29, 0.717) is 17.3 Å². The van der Waals surface area contributed by atoms with Crippen LogP contribution < -0.4 is 4.74 Å². The Labute approximate surface area is 144 Å². The Morgan fingerprint density at radius 1 is 1.12 bits per heavy atom. The summed E-state index contributed by atoms with van der Waals surface area (Å²) < 4.78 is 32.9. The van der Waals surface area contributed by atoms with Gasteiger partial charge in [0.25, 0.3) is 0 Å². The predicted octanol–water partition coefficient (Wildman–Crippen LogP) is 3.78. The lowest BCUT2D eigenvalue weighted by Gasteiger charge is -2.32. The van der Waals surface area contributed by atoms with Crippen molar-refractivity contribution >= 4 is 10.0 Å². The fourth-order valence-corrected chi connectivity index (χ4v) is 4.68. The Hall–Kier alpha value is -1.85. The molecule has 5 heteroatoms. The molecule has 0 amide bonds. The van der Waals surface area contributed by atoms with Crippen molar-refractivity contribution < 1.29 is 13.2 Å². The van der Waals surface area contributed by atoms with E-state index in [9.17, 15) is 8.42 Å². The molecular weight excluding hydrogens is 322 g/mol. The van der Waals surface area contributed by atoms with E-state index in [-0.39, 0.29) is 6.04 Å². The molecule has 1 atom stereocenters. The minimum Gasteiger partial charge on any atom is -0.494 e. The summed E-state index contributed by atoms with van der Waals surface area (Å²) in [4.78, 5) is 0.302. The molecule has 2 aromatic rings. The van der Waals surface area contributed by atoms with Gasteiger partial charge in [-0.15, -0.1) is 0 Å². The van der Waals surface area contributed by atoms with Gasteiger partial charge < -0.3 is 4.74 Å². The van der Waals surface area contributed by atoms with E-state index in [2.05, 4.69) is 6.07 Å². The highest BCUT2D eigenvalue weighted by Crippen LogP contribution is 2.36. The molecule has 1 aliphatic carbocycles. The second-order valence-electron chi connectivity index (χ2n) is 6.03. The molecule has 128 valence electrons. The zero-order valence-corrected chi connectivity index (χ0v) is 14.9. The maximum atomic E-state index is 13.0. The zero-order chi connectivity index (χ0) is 17.2. The molecule has 0 radical (unpaired) electrons. The van der Waals surface area contributed by atoms with E-state index < -0.39 is 10.0 Å². The first-order chi connectivity index (χ1) is 11.5. The van der Waals surface area contributed by atoms with Crippen molar-refractivity contribution in [3.05, 3.63) is 59.7 Å². The van der Waals surface area contributed by atoms with E-state index in [4.69, 9.17) is 4.74 Å². The fraction of sp³-hybridized carbons (Fsp3) is 0.368. The molecule has 0 unspecified atom stereocenters. The number of sulfonamides is 1. The summed E-state index contributed by atoms with van der Waals surface area (Å²) in [6, 6.07) is 14.7. The normalized spacial score (nSPS) is 17.5. The van der Waals surface area contributed by atoms with Crippen molar-refractivity contribution in [3.63, 3.8) is 0 Å². The second kappa shape index (κ2) is 6.95. The molecule has 0 spiro atoms. The summed E-state index contributed by atoms with van der Waals surface area (Å²) >= 11 is 0. The molecule has 0 bridgehead atoms. The summed E-state index contributed by atoms with van der Waals surface area (Å²) in [5.74, 6) is 0.683. The zero-order valence-electron chi connectivity index (χ0n) is 14.1. The lowest BCUT2D eigenvalue weighted by atomic mass is 9.88. The van der Waals surface area contributed by atoms with Gasteiger partial charge in [0, 0.05) is 13.1 Å². The lowest BCUT2D eigenvalue weighted by molar-refractivity contribution is 0.336. The standard InChI is InChI=1S/C19H23NO3S/c1-3-23-16-11-13-17(14-12-16)24(21,22)20(2)19-10-6-8-15-7-4-5-9-18(15)19/h4-5,7,9,11-14,19H,3,6,8,10H2,1-2H3/t19-/m1/s1. The second-order valence-corrected chi connectivity index (χ2v) is 8.03. The summed E-state index contributed by atoms with van der Waals surface area (Å²) in [6.07, 6.45) is 2.87. The first-order valence-corrected chi connectivity index (χ1v) is 9.76. The van der Waals surface area contributed by atoms with Crippen molar-refractivity contribution in [1.29, 1.82) is 0 Å². The van der Waals surface area contributed by atoms with Crippen LogP contribution in [0.2, 0.25) is 0 Å². The number of fused-ring (bicyclic) bond motifs is 1. The van der Waals surface area contributed by atoms with Crippen molar-refractivity contribution in [1.82, 2.24) is 4.31 Å². The first kappa shape index (κ1) is 17.0. The van der Waals surface area contributed by atoms with Gasteiger partial charge in [0.15, 0.2) is 0 Å². The van der Waals surface area contributed by atoms with Gasteiger partial charge in [-0.1, -0.05) is 24.3 Å². The van der Waals surface area contributed by atoms with E-state index in [1.165, 1.54) is 9.87 Å². The average Bonchev–Trinajstić information content (AvgIpc) is 2.61. The Morgan fingerprint density at radius 3 is 2.54 bits per heavy atom. The van der Waals surface area contributed by atoms with Gasteiger partial charge >= 0.3 is 0 Å². The van der Waals surface area contributed by atoms with Crippen molar-refractivity contribution in [2.24, 2.45) is 0 Å². The number of ether oxygens (including phenoxy) is 1. The Morgan fingerprint density at radius 2 is 1.83 bits per heavy atom. The summed E-state index contributed by atoms with van der Waals surface area (Å²) in [6.45, 7) is 2.46. The quantitative estimate of drug-likeness (QED) is 0.828. The van der Waals surface area contributed by atoms with Crippen LogP contribution in [0.1, 0.15) is 36.9 Å². The predicted molar refractivity (Wildman–Crippen MR) is 94.7 cm³/mol. The molecule has 24 heavy (non-hydrogen) atoms.